The molecular formula is C11H25NO. The predicted octanol–water partition coefficient (Wildman–Crippen LogP) is 2.12. The summed E-state index contributed by atoms with van der Waals surface area (Å²) in [5.41, 5.74) is 0.302. The molecule has 2 atom stereocenters. The van der Waals surface area contributed by atoms with Crippen LogP contribution < -0.4 is 0 Å². The zero-order valence-corrected chi connectivity index (χ0v) is 9.96. The van der Waals surface area contributed by atoms with Gasteiger partial charge in [0.15, 0.2) is 0 Å². The third-order valence-electron chi connectivity index (χ3n) is 2.39. The molecule has 0 aromatic carbocycles. The number of likely N-dealkylation sites (N-methyl/N-ethyl adjacent to an activating group) is 1. The highest BCUT2D eigenvalue weighted by molar-refractivity contribution is 4.75. The fraction of sp³-hybridized carbons (Fsp3) is 1.00. The Labute approximate surface area is 82.9 Å². The van der Waals surface area contributed by atoms with Crippen molar-refractivity contribution in [2.45, 2.75) is 53.2 Å². The highest BCUT2D eigenvalue weighted by atomic mass is 16.3. The largest absolute Gasteiger partial charge is 0.392 e. The van der Waals surface area contributed by atoms with Gasteiger partial charge in [-0.1, -0.05) is 27.7 Å². The van der Waals surface area contributed by atoms with Crippen LogP contribution in [-0.4, -0.2) is 35.7 Å². The van der Waals surface area contributed by atoms with Gasteiger partial charge in [0.25, 0.3) is 0 Å². The molecule has 0 aliphatic heterocycles. The second kappa shape index (κ2) is 4.97. The van der Waals surface area contributed by atoms with Crippen molar-refractivity contribution in [3.05, 3.63) is 0 Å². The minimum absolute atomic E-state index is 0.202. The number of rotatable bonds is 4. The Hall–Kier alpha value is -0.0800. The quantitative estimate of drug-likeness (QED) is 0.729. The first-order valence-corrected chi connectivity index (χ1v) is 5.16. The monoisotopic (exact) mass is 187 g/mol. The minimum Gasteiger partial charge on any atom is -0.392 e. The molecule has 0 amide bonds. The van der Waals surface area contributed by atoms with E-state index in [1.165, 1.54) is 0 Å². The van der Waals surface area contributed by atoms with Crippen molar-refractivity contribution in [2.75, 3.05) is 13.6 Å². The maximum absolute atomic E-state index is 9.65. The van der Waals surface area contributed by atoms with E-state index in [2.05, 4.69) is 39.6 Å². The molecule has 2 unspecified atom stereocenters. The number of nitrogens with zero attached hydrogens (tertiary/aromatic N) is 1. The summed E-state index contributed by atoms with van der Waals surface area (Å²) in [6.45, 7) is 11.8. The Balaban J connectivity index is 4.03. The molecule has 0 heterocycles. The molecule has 0 aliphatic carbocycles. The van der Waals surface area contributed by atoms with E-state index in [1.807, 2.05) is 6.92 Å². The lowest BCUT2D eigenvalue weighted by molar-refractivity contribution is 0.0540. The summed E-state index contributed by atoms with van der Waals surface area (Å²) >= 11 is 0. The lowest BCUT2D eigenvalue weighted by Crippen LogP contribution is -2.42. The molecule has 0 rings (SSSR count). The number of hydrogen-bond acceptors (Lipinski definition) is 2. The number of aliphatic hydroxyl groups is 1. The average Bonchev–Trinajstić information content (AvgIpc) is 1.98. The first-order valence-electron chi connectivity index (χ1n) is 5.16. The van der Waals surface area contributed by atoms with Crippen LogP contribution in [0.4, 0.5) is 0 Å². The summed E-state index contributed by atoms with van der Waals surface area (Å²) in [5, 5.41) is 9.65. The third-order valence-corrected chi connectivity index (χ3v) is 2.39. The van der Waals surface area contributed by atoms with Crippen LogP contribution in [0, 0.1) is 5.41 Å². The second-order valence-corrected chi connectivity index (χ2v) is 5.19. The van der Waals surface area contributed by atoms with Gasteiger partial charge in [0.1, 0.15) is 0 Å². The van der Waals surface area contributed by atoms with Gasteiger partial charge >= 0.3 is 0 Å². The van der Waals surface area contributed by atoms with Crippen molar-refractivity contribution in [3.8, 4) is 0 Å². The fourth-order valence-electron chi connectivity index (χ4n) is 1.53. The molecule has 0 radical (unpaired) electrons. The van der Waals surface area contributed by atoms with Crippen molar-refractivity contribution in [3.63, 3.8) is 0 Å². The molecule has 80 valence electrons. The van der Waals surface area contributed by atoms with Crippen LogP contribution in [0.15, 0.2) is 0 Å². The lowest BCUT2D eigenvalue weighted by atomic mass is 9.95. The zero-order chi connectivity index (χ0) is 10.6. The minimum atomic E-state index is -0.202. The highest BCUT2D eigenvalue weighted by Crippen LogP contribution is 2.17. The summed E-state index contributed by atoms with van der Waals surface area (Å²) in [5.74, 6) is 0. The van der Waals surface area contributed by atoms with Gasteiger partial charge in [-0.3, -0.25) is 0 Å². The molecule has 1 N–H and O–H groups in total. The summed E-state index contributed by atoms with van der Waals surface area (Å²) in [7, 11) is 2.08. The van der Waals surface area contributed by atoms with Crippen molar-refractivity contribution < 1.29 is 5.11 Å². The van der Waals surface area contributed by atoms with Gasteiger partial charge in [-0.25, -0.2) is 0 Å². The van der Waals surface area contributed by atoms with E-state index in [9.17, 15) is 5.11 Å². The van der Waals surface area contributed by atoms with Crippen LogP contribution in [0.3, 0.4) is 0 Å². The van der Waals surface area contributed by atoms with Gasteiger partial charge in [0, 0.05) is 12.6 Å². The molecule has 2 nitrogen and oxygen atoms in total. The van der Waals surface area contributed by atoms with Gasteiger partial charge in [-0.05, 0) is 25.8 Å². The van der Waals surface area contributed by atoms with E-state index in [4.69, 9.17) is 0 Å². The first kappa shape index (κ1) is 12.9. The normalized spacial score (nSPS) is 17.5. The molecule has 0 saturated heterocycles. The summed E-state index contributed by atoms with van der Waals surface area (Å²) in [4.78, 5) is 2.23. The van der Waals surface area contributed by atoms with E-state index in [0.29, 0.717) is 5.41 Å². The molecule has 0 spiro atoms. The molecule has 0 bridgehead atoms. The number of aliphatic hydroxyl groups excluding tert-OH is 1. The first-order chi connectivity index (χ1) is 5.78. The van der Waals surface area contributed by atoms with Crippen molar-refractivity contribution in [1.82, 2.24) is 4.90 Å². The van der Waals surface area contributed by atoms with E-state index in [0.717, 1.165) is 13.0 Å². The van der Waals surface area contributed by atoms with E-state index in [-0.39, 0.29) is 12.1 Å². The zero-order valence-electron chi connectivity index (χ0n) is 9.96. The van der Waals surface area contributed by atoms with Crippen molar-refractivity contribution in [2.24, 2.45) is 5.41 Å². The second-order valence-electron chi connectivity index (χ2n) is 5.19. The van der Waals surface area contributed by atoms with E-state index in [1.54, 1.807) is 0 Å². The highest BCUT2D eigenvalue weighted by Gasteiger charge is 2.21. The Morgan fingerprint density at radius 3 is 2.08 bits per heavy atom. The van der Waals surface area contributed by atoms with E-state index < -0.39 is 0 Å². The Kier molecular flexibility index (Phi) is 4.93. The smallest absolute Gasteiger partial charge is 0.0690 e. The van der Waals surface area contributed by atoms with Crippen LogP contribution in [0.25, 0.3) is 0 Å². The van der Waals surface area contributed by atoms with Crippen LogP contribution in [0.2, 0.25) is 0 Å². The molecule has 0 aromatic heterocycles. The van der Waals surface area contributed by atoms with Gasteiger partial charge in [-0.2, -0.15) is 0 Å². The molecular weight excluding hydrogens is 162 g/mol. The Morgan fingerprint density at radius 1 is 1.31 bits per heavy atom. The van der Waals surface area contributed by atoms with Gasteiger partial charge in [-0.15, -0.1) is 0 Å². The lowest BCUT2D eigenvalue weighted by Gasteiger charge is -2.33. The number of hydrogen-bond donors (Lipinski definition) is 1. The standard InChI is InChI=1S/C11H25NO/c1-7-10(13)9(2)12(6)8-11(3,4)5/h9-10,13H,7-8H2,1-6H3. The summed E-state index contributed by atoms with van der Waals surface area (Å²) in [6.07, 6.45) is 0.627. The van der Waals surface area contributed by atoms with E-state index >= 15 is 0 Å². The summed E-state index contributed by atoms with van der Waals surface area (Å²) < 4.78 is 0. The molecule has 0 aliphatic rings. The predicted molar refractivity (Wildman–Crippen MR) is 57.8 cm³/mol. The van der Waals surface area contributed by atoms with Crippen LogP contribution in [0.1, 0.15) is 41.0 Å². The molecule has 0 aromatic rings. The Bertz CT molecular complexity index is 140. The Morgan fingerprint density at radius 2 is 1.77 bits per heavy atom. The maximum atomic E-state index is 9.65. The van der Waals surface area contributed by atoms with Crippen molar-refractivity contribution in [1.29, 1.82) is 0 Å². The maximum Gasteiger partial charge on any atom is 0.0690 e. The molecule has 0 saturated carbocycles. The van der Waals surface area contributed by atoms with Crippen LogP contribution in [-0.2, 0) is 0 Å². The molecule has 2 heteroatoms. The average molecular weight is 187 g/mol. The van der Waals surface area contributed by atoms with Crippen molar-refractivity contribution >= 4 is 0 Å². The SMILES string of the molecule is CCC(O)C(C)N(C)CC(C)(C)C. The third kappa shape index (κ3) is 5.27. The summed E-state index contributed by atoms with van der Waals surface area (Å²) in [6, 6.07) is 0.254. The van der Waals surface area contributed by atoms with Crippen LogP contribution in [0.5, 0.6) is 0 Å². The fourth-order valence-corrected chi connectivity index (χ4v) is 1.53. The molecule has 13 heavy (non-hydrogen) atoms. The molecule has 0 fully saturated rings. The van der Waals surface area contributed by atoms with Gasteiger partial charge < -0.3 is 10.0 Å². The van der Waals surface area contributed by atoms with Gasteiger partial charge in [0.05, 0.1) is 6.10 Å². The topological polar surface area (TPSA) is 23.5 Å². The van der Waals surface area contributed by atoms with Crippen LogP contribution >= 0.6 is 0 Å². The van der Waals surface area contributed by atoms with Gasteiger partial charge in [0.2, 0.25) is 0 Å².